The number of methoxy groups -OCH3 is 3. The van der Waals surface area contributed by atoms with E-state index in [1.54, 1.807) is 27.4 Å². The fraction of sp³-hybridized carbons (Fsp3) is 0.222. The van der Waals surface area contributed by atoms with Crippen molar-refractivity contribution < 1.29 is 19.0 Å². The van der Waals surface area contributed by atoms with E-state index >= 15 is 0 Å². The topological polar surface area (TPSA) is 69.7 Å². The van der Waals surface area contributed by atoms with Crippen molar-refractivity contribution in [2.75, 3.05) is 26.6 Å². The molecule has 0 aliphatic rings. The van der Waals surface area contributed by atoms with Crippen molar-refractivity contribution in [3.63, 3.8) is 0 Å². The molecule has 0 fully saturated rings. The second-order valence-corrected chi connectivity index (χ2v) is 6.30. The molecule has 0 aliphatic carbocycles. The molecule has 130 valence electrons. The summed E-state index contributed by atoms with van der Waals surface area (Å²) in [6, 6.07) is 11.1. The van der Waals surface area contributed by atoms with Crippen LogP contribution in [0.25, 0.3) is 10.2 Å². The number of aromatic nitrogens is 1. The van der Waals surface area contributed by atoms with Gasteiger partial charge in [0, 0.05) is 12.1 Å². The predicted molar refractivity (Wildman–Crippen MR) is 98.1 cm³/mol. The van der Waals surface area contributed by atoms with Gasteiger partial charge >= 0.3 is 0 Å². The number of anilines is 1. The van der Waals surface area contributed by atoms with Crippen molar-refractivity contribution in [1.29, 1.82) is 0 Å². The van der Waals surface area contributed by atoms with E-state index in [0.29, 0.717) is 16.6 Å². The van der Waals surface area contributed by atoms with Gasteiger partial charge in [-0.15, -0.1) is 0 Å². The SMILES string of the molecule is COc1cccc(CC(=O)Nc2nc3cc(OC)c(OC)cc3s2)c1. The van der Waals surface area contributed by atoms with E-state index in [1.165, 1.54) is 11.3 Å². The third-order valence-corrected chi connectivity index (χ3v) is 4.57. The number of fused-ring (bicyclic) bond motifs is 1. The standard InChI is InChI=1S/C18H18N2O4S/c1-22-12-6-4-5-11(7-12)8-17(21)20-18-19-13-9-14(23-2)15(24-3)10-16(13)25-18/h4-7,9-10H,8H2,1-3H3,(H,19,20,21). The number of hydrogen-bond donors (Lipinski definition) is 1. The molecule has 0 bridgehead atoms. The number of amides is 1. The first-order valence-electron chi connectivity index (χ1n) is 7.58. The van der Waals surface area contributed by atoms with E-state index in [1.807, 2.05) is 30.3 Å². The number of carbonyl (C=O) groups is 1. The molecule has 3 rings (SSSR count). The smallest absolute Gasteiger partial charge is 0.230 e. The highest BCUT2D eigenvalue weighted by Crippen LogP contribution is 2.36. The summed E-state index contributed by atoms with van der Waals surface area (Å²) in [5, 5.41) is 3.38. The Morgan fingerprint density at radius 2 is 1.84 bits per heavy atom. The Labute approximate surface area is 149 Å². The van der Waals surface area contributed by atoms with Gasteiger partial charge in [0.15, 0.2) is 16.6 Å². The van der Waals surface area contributed by atoms with Crippen LogP contribution in [0.4, 0.5) is 5.13 Å². The van der Waals surface area contributed by atoms with Crippen LogP contribution >= 0.6 is 11.3 Å². The molecule has 1 N–H and O–H groups in total. The van der Waals surface area contributed by atoms with Gasteiger partial charge in [0.1, 0.15) is 5.75 Å². The Hall–Kier alpha value is -2.80. The Morgan fingerprint density at radius 3 is 2.56 bits per heavy atom. The third-order valence-electron chi connectivity index (χ3n) is 3.64. The summed E-state index contributed by atoms with van der Waals surface area (Å²) in [5.41, 5.74) is 1.63. The van der Waals surface area contributed by atoms with Gasteiger partial charge < -0.3 is 19.5 Å². The molecule has 2 aromatic carbocycles. The molecule has 6 nitrogen and oxygen atoms in total. The van der Waals surface area contributed by atoms with Crippen LogP contribution < -0.4 is 19.5 Å². The van der Waals surface area contributed by atoms with E-state index in [4.69, 9.17) is 14.2 Å². The number of thiazole rings is 1. The first-order valence-corrected chi connectivity index (χ1v) is 8.40. The maximum absolute atomic E-state index is 12.3. The van der Waals surface area contributed by atoms with E-state index < -0.39 is 0 Å². The molecule has 1 heterocycles. The zero-order valence-corrected chi connectivity index (χ0v) is 15.0. The van der Waals surface area contributed by atoms with E-state index in [9.17, 15) is 4.79 Å². The lowest BCUT2D eigenvalue weighted by molar-refractivity contribution is -0.115. The highest BCUT2D eigenvalue weighted by molar-refractivity contribution is 7.22. The quantitative estimate of drug-likeness (QED) is 0.730. The Kier molecular flexibility index (Phi) is 5.04. The number of carbonyl (C=O) groups excluding carboxylic acids is 1. The highest BCUT2D eigenvalue weighted by atomic mass is 32.1. The van der Waals surface area contributed by atoms with E-state index in [2.05, 4.69) is 10.3 Å². The van der Waals surface area contributed by atoms with Gasteiger partial charge in [0.2, 0.25) is 5.91 Å². The van der Waals surface area contributed by atoms with Gasteiger partial charge in [0.25, 0.3) is 0 Å². The molecule has 0 radical (unpaired) electrons. The molecule has 0 saturated heterocycles. The van der Waals surface area contributed by atoms with Crippen molar-refractivity contribution >= 4 is 32.6 Å². The second-order valence-electron chi connectivity index (χ2n) is 5.27. The van der Waals surface area contributed by atoms with E-state index in [-0.39, 0.29) is 12.3 Å². The fourth-order valence-electron chi connectivity index (χ4n) is 2.44. The van der Waals surface area contributed by atoms with Crippen LogP contribution in [-0.4, -0.2) is 32.2 Å². The lowest BCUT2D eigenvalue weighted by Crippen LogP contribution is -2.14. The van der Waals surface area contributed by atoms with Crippen molar-refractivity contribution in [3.05, 3.63) is 42.0 Å². The zero-order chi connectivity index (χ0) is 17.8. The summed E-state index contributed by atoms with van der Waals surface area (Å²) in [4.78, 5) is 16.7. The normalized spacial score (nSPS) is 10.5. The minimum absolute atomic E-state index is 0.133. The molecule has 3 aromatic rings. The molecular weight excluding hydrogens is 340 g/mol. The predicted octanol–water partition coefficient (Wildman–Crippen LogP) is 3.50. The first-order chi connectivity index (χ1) is 12.1. The van der Waals surface area contributed by atoms with Gasteiger partial charge in [-0.25, -0.2) is 4.98 Å². The van der Waals surface area contributed by atoms with Crippen LogP contribution in [0.1, 0.15) is 5.56 Å². The lowest BCUT2D eigenvalue weighted by Gasteiger charge is -2.05. The van der Waals surface area contributed by atoms with Crippen LogP contribution in [0.2, 0.25) is 0 Å². The van der Waals surface area contributed by atoms with Crippen LogP contribution in [0, 0.1) is 0 Å². The van der Waals surface area contributed by atoms with Crippen molar-refractivity contribution in [3.8, 4) is 17.2 Å². The summed E-state index contributed by atoms with van der Waals surface area (Å²) < 4.78 is 16.7. The van der Waals surface area contributed by atoms with Crippen LogP contribution in [-0.2, 0) is 11.2 Å². The molecule has 0 saturated carbocycles. The Morgan fingerprint density at radius 1 is 1.08 bits per heavy atom. The number of hydrogen-bond acceptors (Lipinski definition) is 6. The molecule has 0 aliphatic heterocycles. The molecule has 1 amide bonds. The molecule has 1 aromatic heterocycles. The van der Waals surface area contributed by atoms with Gasteiger partial charge in [-0.1, -0.05) is 23.5 Å². The number of nitrogens with one attached hydrogen (secondary N) is 1. The average Bonchev–Trinajstić information content (AvgIpc) is 3.01. The fourth-order valence-corrected chi connectivity index (χ4v) is 3.33. The second kappa shape index (κ2) is 7.40. The lowest BCUT2D eigenvalue weighted by atomic mass is 10.1. The minimum atomic E-state index is -0.133. The number of ether oxygens (including phenoxy) is 3. The highest BCUT2D eigenvalue weighted by Gasteiger charge is 2.13. The average molecular weight is 358 g/mol. The Bertz CT molecular complexity index is 866. The van der Waals surface area contributed by atoms with Crippen LogP contribution in [0.5, 0.6) is 17.2 Å². The number of nitrogens with zero attached hydrogens (tertiary/aromatic N) is 1. The van der Waals surface area contributed by atoms with Gasteiger partial charge in [-0.3, -0.25) is 4.79 Å². The van der Waals surface area contributed by atoms with Crippen LogP contribution in [0.15, 0.2) is 36.4 Å². The minimum Gasteiger partial charge on any atom is -0.497 e. The summed E-state index contributed by atoms with van der Waals surface area (Å²) in [6.07, 6.45) is 0.250. The molecular formula is C18H18N2O4S. The van der Waals surface area contributed by atoms with Crippen molar-refractivity contribution in [2.45, 2.75) is 6.42 Å². The summed E-state index contributed by atoms with van der Waals surface area (Å²) in [6.45, 7) is 0. The maximum atomic E-state index is 12.3. The number of benzene rings is 2. The first kappa shape index (κ1) is 17.0. The number of rotatable bonds is 6. The van der Waals surface area contributed by atoms with E-state index in [0.717, 1.165) is 21.5 Å². The Balaban J connectivity index is 1.76. The molecule has 7 heteroatoms. The summed E-state index contributed by atoms with van der Waals surface area (Å²) in [5.74, 6) is 1.83. The largest absolute Gasteiger partial charge is 0.497 e. The van der Waals surface area contributed by atoms with Crippen molar-refractivity contribution in [1.82, 2.24) is 4.98 Å². The summed E-state index contributed by atoms with van der Waals surface area (Å²) in [7, 11) is 4.76. The maximum Gasteiger partial charge on any atom is 0.230 e. The summed E-state index contributed by atoms with van der Waals surface area (Å²) >= 11 is 1.39. The van der Waals surface area contributed by atoms with Gasteiger partial charge in [0.05, 0.1) is 38.0 Å². The molecule has 25 heavy (non-hydrogen) atoms. The monoisotopic (exact) mass is 358 g/mol. The van der Waals surface area contributed by atoms with Gasteiger partial charge in [-0.2, -0.15) is 0 Å². The van der Waals surface area contributed by atoms with Gasteiger partial charge in [-0.05, 0) is 17.7 Å². The molecule has 0 unspecified atom stereocenters. The molecule has 0 spiro atoms. The third kappa shape index (κ3) is 3.83. The molecule has 0 atom stereocenters. The van der Waals surface area contributed by atoms with Crippen LogP contribution in [0.3, 0.4) is 0 Å². The van der Waals surface area contributed by atoms with Crippen molar-refractivity contribution in [2.24, 2.45) is 0 Å². The zero-order valence-electron chi connectivity index (χ0n) is 14.2.